The molecule has 0 radical (unpaired) electrons. The van der Waals surface area contributed by atoms with Crippen molar-refractivity contribution in [1.82, 2.24) is 4.98 Å². The van der Waals surface area contributed by atoms with Crippen molar-refractivity contribution in [1.29, 1.82) is 0 Å². The second kappa shape index (κ2) is 8.51. The van der Waals surface area contributed by atoms with E-state index >= 15 is 0 Å². The Kier molecular flexibility index (Phi) is 6.10. The standard InChI is InChI=1S/C18H16ClN3O3S2/c19-14-3-1-13(2-4-14)11-25-22-17(18-21-9-10-26-18)12-27(23,24)16-7-5-15(20)6-8-16/h1-10H,11-12,20H2/b22-17-. The van der Waals surface area contributed by atoms with E-state index in [2.05, 4.69) is 10.1 Å². The Morgan fingerprint density at radius 2 is 1.85 bits per heavy atom. The maximum Gasteiger partial charge on any atom is 0.184 e. The number of nitrogens with two attached hydrogens (primary N) is 1. The molecule has 0 fully saturated rings. The van der Waals surface area contributed by atoms with Gasteiger partial charge in [0.2, 0.25) is 0 Å². The average molecular weight is 422 g/mol. The van der Waals surface area contributed by atoms with Gasteiger partial charge in [0.25, 0.3) is 0 Å². The van der Waals surface area contributed by atoms with Crippen LogP contribution in [0.1, 0.15) is 10.6 Å². The summed E-state index contributed by atoms with van der Waals surface area (Å²) >= 11 is 7.15. The molecule has 140 valence electrons. The molecular formula is C18H16ClN3O3S2. The molecule has 6 nitrogen and oxygen atoms in total. The van der Waals surface area contributed by atoms with Gasteiger partial charge in [0.05, 0.1) is 4.90 Å². The summed E-state index contributed by atoms with van der Waals surface area (Å²) in [6.07, 6.45) is 1.59. The van der Waals surface area contributed by atoms with Gasteiger partial charge < -0.3 is 10.6 Å². The van der Waals surface area contributed by atoms with Crippen LogP contribution in [-0.2, 0) is 21.3 Å². The Balaban J connectivity index is 1.79. The number of anilines is 1. The third kappa shape index (κ3) is 5.29. The molecule has 0 aliphatic heterocycles. The van der Waals surface area contributed by atoms with Crippen molar-refractivity contribution in [3.8, 4) is 0 Å². The highest BCUT2D eigenvalue weighted by Gasteiger charge is 2.21. The quantitative estimate of drug-likeness (QED) is 0.356. The number of thiazole rings is 1. The van der Waals surface area contributed by atoms with E-state index in [1.807, 2.05) is 12.1 Å². The molecule has 9 heteroatoms. The first-order valence-electron chi connectivity index (χ1n) is 7.85. The first kappa shape index (κ1) is 19.3. The number of nitrogens with zero attached hydrogens (tertiary/aromatic N) is 2. The van der Waals surface area contributed by atoms with Crippen LogP contribution in [-0.4, -0.2) is 24.9 Å². The molecule has 0 amide bonds. The van der Waals surface area contributed by atoms with E-state index in [4.69, 9.17) is 22.2 Å². The predicted molar refractivity (Wildman–Crippen MR) is 108 cm³/mol. The van der Waals surface area contributed by atoms with Crippen LogP contribution in [0.5, 0.6) is 0 Å². The summed E-state index contributed by atoms with van der Waals surface area (Å²) in [6, 6.07) is 13.2. The summed E-state index contributed by atoms with van der Waals surface area (Å²) in [5, 5.41) is 6.91. The zero-order chi connectivity index (χ0) is 19.3. The summed E-state index contributed by atoms with van der Waals surface area (Å²) in [6.45, 7) is 0.188. The molecular weight excluding hydrogens is 406 g/mol. The van der Waals surface area contributed by atoms with Gasteiger partial charge in [-0.05, 0) is 42.0 Å². The zero-order valence-corrected chi connectivity index (χ0v) is 16.5. The molecule has 0 saturated heterocycles. The summed E-state index contributed by atoms with van der Waals surface area (Å²) in [4.78, 5) is 9.69. The number of rotatable bonds is 7. The van der Waals surface area contributed by atoms with Crippen molar-refractivity contribution < 1.29 is 13.3 Å². The Bertz CT molecular complexity index is 1020. The van der Waals surface area contributed by atoms with Crippen LogP contribution in [0.15, 0.2) is 70.2 Å². The number of sulfone groups is 1. The molecule has 0 bridgehead atoms. The highest BCUT2D eigenvalue weighted by molar-refractivity contribution is 7.92. The molecule has 3 aromatic rings. The lowest BCUT2D eigenvalue weighted by molar-refractivity contribution is 0.130. The van der Waals surface area contributed by atoms with E-state index in [1.54, 1.807) is 35.8 Å². The monoisotopic (exact) mass is 421 g/mol. The summed E-state index contributed by atoms with van der Waals surface area (Å²) < 4.78 is 25.4. The highest BCUT2D eigenvalue weighted by atomic mass is 35.5. The fourth-order valence-corrected chi connectivity index (χ4v) is 4.30. The van der Waals surface area contributed by atoms with Gasteiger partial charge in [-0.15, -0.1) is 11.3 Å². The zero-order valence-electron chi connectivity index (χ0n) is 14.1. The normalized spacial score (nSPS) is 12.1. The first-order chi connectivity index (χ1) is 12.9. The molecule has 3 rings (SSSR count). The SMILES string of the molecule is Nc1ccc(S(=O)(=O)C/C(=N/OCc2ccc(Cl)cc2)c2nccs2)cc1. The minimum atomic E-state index is -3.62. The average Bonchev–Trinajstić information content (AvgIpc) is 3.17. The van der Waals surface area contributed by atoms with Gasteiger partial charge in [-0.1, -0.05) is 28.9 Å². The molecule has 1 heterocycles. The lowest BCUT2D eigenvalue weighted by Crippen LogP contribution is -2.18. The number of oxime groups is 1. The fraction of sp³-hybridized carbons (Fsp3) is 0.111. The number of nitrogen functional groups attached to an aromatic ring is 1. The number of benzene rings is 2. The van der Waals surface area contributed by atoms with Crippen molar-refractivity contribution in [3.63, 3.8) is 0 Å². The van der Waals surface area contributed by atoms with Crippen LogP contribution in [0.2, 0.25) is 5.02 Å². The van der Waals surface area contributed by atoms with Gasteiger partial charge in [0.1, 0.15) is 23.1 Å². The molecule has 27 heavy (non-hydrogen) atoms. The Morgan fingerprint density at radius 1 is 1.15 bits per heavy atom. The topological polar surface area (TPSA) is 94.6 Å². The Labute approximate surface area is 166 Å². The second-order valence-corrected chi connectivity index (χ2v) is 8.92. The summed E-state index contributed by atoms with van der Waals surface area (Å²) in [5.41, 5.74) is 7.23. The van der Waals surface area contributed by atoms with E-state index in [0.717, 1.165) is 5.56 Å². The van der Waals surface area contributed by atoms with Crippen LogP contribution in [0, 0.1) is 0 Å². The third-order valence-electron chi connectivity index (χ3n) is 3.56. The van der Waals surface area contributed by atoms with Gasteiger partial charge in [-0.2, -0.15) is 0 Å². The van der Waals surface area contributed by atoms with Crippen LogP contribution in [0.25, 0.3) is 0 Å². The smallest absolute Gasteiger partial charge is 0.184 e. The maximum absolute atomic E-state index is 12.7. The van der Waals surface area contributed by atoms with Gasteiger partial charge in [0.15, 0.2) is 9.84 Å². The fourth-order valence-electron chi connectivity index (χ4n) is 2.20. The van der Waals surface area contributed by atoms with Crippen LogP contribution in [0.4, 0.5) is 5.69 Å². The van der Waals surface area contributed by atoms with Crippen LogP contribution in [0.3, 0.4) is 0 Å². The van der Waals surface area contributed by atoms with E-state index < -0.39 is 9.84 Å². The summed E-state index contributed by atoms with van der Waals surface area (Å²) in [5.74, 6) is -0.328. The molecule has 0 aliphatic carbocycles. The van der Waals surface area contributed by atoms with E-state index in [9.17, 15) is 8.42 Å². The van der Waals surface area contributed by atoms with Gasteiger partial charge in [-0.3, -0.25) is 0 Å². The maximum atomic E-state index is 12.7. The molecule has 0 saturated carbocycles. The Morgan fingerprint density at radius 3 is 2.48 bits per heavy atom. The minimum Gasteiger partial charge on any atom is -0.399 e. The first-order valence-corrected chi connectivity index (χ1v) is 10.8. The number of halogens is 1. The molecule has 2 N–H and O–H groups in total. The minimum absolute atomic E-state index is 0.165. The Hall–Kier alpha value is -2.42. The van der Waals surface area contributed by atoms with E-state index in [1.165, 1.54) is 23.5 Å². The third-order valence-corrected chi connectivity index (χ3v) is 6.28. The largest absolute Gasteiger partial charge is 0.399 e. The second-order valence-electron chi connectivity index (χ2n) is 5.60. The lowest BCUT2D eigenvalue weighted by Gasteiger charge is -2.07. The summed E-state index contributed by atoms with van der Waals surface area (Å²) in [7, 11) is -3.62. The molecule has 1 aromatic heterocycles. The van der Waals surface area contributed by atoms with Gasteiger partial charge in [0, 0.05) is 22.3 Å². The number of aromatic nitrogens is 1. The molecule has 0 spiro atoms. The van der Waals surface area contributed by atoms with Crippen molar-refractivity contribution in [2.24, 2.45) is 5.16 Å². The van der Waals surface area contributed by atoms with Crippen LogP contribution >= 0.6 is 22.9 Å². The predicted octanol–water partition coefficient (Wildman–Crippen LogP) is 3.77. The molecule has 0 aliphatic rings. The lowest BCUT2D eigenvalue weighted by atomic mass is 10.2. The van der Waals surface area contributed by atoms with Gasteiger partial charge in [-0.25, -0.2) is 13.4 Å². The van der Waals surface area contributed by atoms with Crippen molar-refractivity contribution in [2.45, 2.75) is 11.5 Å². The number of hydrogen-bond acceptors (Lipinski definition) is 7. The molecule has 0 atom stereocenters. The highest BCUT2D eigenvalue weighted by Crippen LogP contribution is 2.17. The van der Waals surface area contributed by atoms with Gasteiger partial charge >= 0.3 is 0 Å². The van der Waals surface area contributed by atoms with Crippen molar-refractivity contribution >= 4 is 44.2 Å². The van der Waals surface area contributed by atoms with E-state index in [0.29, 0.717) is 15.7 Å². The molecule has 2 aromatic carbocycles. The van der Waals surface area contributed by atoms with Crippen LogP contribution < -0.4 is 5.73 Å². The van der Waals surface area contributed by atoms with E-state index in [-0.39, 0.29) is 23.0 Å². The molecule has 0 unspecified atom stereocenters. The van der Waals surface area contributed by atoms with Crippen molar-refractivity contribution in [2.75, 3.05) is 11.5 Å². The number of hydrogen-bond donors (Lipinski definition) is 1. The van der Waals surface area contributed by atoms with Crippen molar-refractivity contribution in [3.05, 3.63) is 75.7 Å².